The highest BCUT2D eigenvalue weighted by Crippen LogP contribution is 2.16. The van der Waals surface area contributed by atoms with Gasteiger partial charge in [0.05, 0.1) is 13.1 Å². The van der Waals surface area contributed by atoms with Crippen molar-refractivity contribution in [3.05, 3.63) is 29.8 Å². The molecule has 1 saturated heterocycles. The number of carbonyl (C=O) groups excluding carboxylic acids is 3. The van der Waals surface area contributed by atoms with Gasteiger partial charge in [0, 0.05) is 35.8 Å². The number of halogens is 1. The van der Waals surface area contributed by atoms with Gasteiger partial charge in [0.25, 0.3) is 5.91 Å². The topological polar surface area (TPSA) is 105 Å². The van der Waals surface area contributed by atoms with Crippen LogP contribution in [0, 0.1) is 0 Å². The van der Waals surface area contributed by atoms with Gasteiger partial charge >= 0.3 is 0 Å². The number of amides is 3. The Morgan fingerprint density at radius 3 is 2.54 bits per heavy atom. The predicted molar refractivity (Wildman–Crippen MR) is 97.6 cm³/mol. The second kappa shape index (κ2) is 10.2. The average Bonchev–Trinajstić information content (AvgIpc) is 2.60. The van der Waals surface area contributed by atoms with E-state index in [9.17, 15) is 14.4 Å². The lowest BCUT2D eigenvalue weighted by Gasteiger charge is -2.26. The number of hydrogen-bond donors (Lipinski definition) is 3. The Morgan fingerprint density at radius 2 is 1.88 bits per heavy atom. The fourth-order valence-electron chi connectivity index (χ4n) is 2.14. The van der Waals surface area contributed by atoms with E-state index in [-0.39, 0.29) is 37.3 Å². The first kappa shape index (κ1) is 20.3. The Hall–Kier alpha value is -1.77. The first-order chi connectivity index (χ1) is 11.1. The lowest BCUT2D eigenvalue weighted by molar-refractivity contribution is -0.123. The normalized spacial score (nSPS) is 13.6. The summed E-state index contributed by atoms with van der Waals surface area (Å²) in [5, 5.41) is 5.04. The molecule has 0 saturated carbocycles. The third-order valence-electron chi connectivity index (χ3n) is 3.32. The monoisotopic (exact) mass is 372 g/mol. The van der Waals surface area contributed by atoms with E-state index in [0.29, 0.717) is 11.3 Å². The van der Waals surface area contributed by atoms with Crippen molar-refractivity contribution in [2.45, 2.75) is 0 Å². The van der Waals surface area contributed by atoms with Gasteiger partial charge in [-0.25, -0.2) is 0 Å². The molecule has 0 bridgehead atoms. The van der Waals surface area contributed by atoms with Crippen LogP contribution in [-0.4, -0.2) is 60.3 Å². The number of benzene rings is 1. The van der Waals surface area contributed by atoms with E-state index in [1.54, 1.807) is 24.3 Å². The van der Waals surface area contributed by atoms with Crippen LogP contribution in [0.25, 0.3) is 0 Å². The number of carbonyl (C=O) groups is 3. The largest absolute Gasteiger partial charge is 0.346 e. The van der Waals surface area contributed by atoms with Crippen molar-refractivity contribution in [2.75, 3.05) is 43.0 Å². The molecule has 1 fully saturated rings. The van der Waals surface area contributed by atoms with E-state index in [1.807, 2.05) is 16.7 Å². The molecule has 9 heteroatoms. The number of hydrogen-bond acceptors (Lipinski definition) is 5. The quantitative estimate of drug-likeness (QED) is 0.690. The molecule has 2 rings (SSSR count). The Balaban J connectivity index is 0.00000288. The zero-order valence-electron chi connectivity index (χ0n) is 13.1. The SMILES string of the molecule is Cl.NCC(=O)NCC(=O)Nc1cccc(C(=O)N2CCSCC2)c1. The van der Waals surface area contributed by atoms with Crippen molar-refractivity contribution in [3.8, 4) is 0 Å². The van der Waals surface area contributed by atoms with Crippen molar-refractivity contribution in [2.24, 2.45) is 5.73 Å². The van der Waals surface area contributed by atoms with Crippen LogP contribution in [0.4, 0.5) is 5.69 Å². The first-order valence-electron chi connectivity index (χ1n) is 7.34. The van der Waals surface area contributed by atoms with E-state index in [1.165, 1.54) is 0 Å². The minimum Gasteiger partial charge on any atom is -0.346 e. The highest BCUT2D eigenvalue weighted by molar-refractivity contribution is 7.99. The number of anilines is 1. The molecule has 1 heterocycles. The molecule has 0 radical (unpaired) electrons. The fourth-order valence-corrected chi connectivity index (χ4v) is 3.04. The summed E-state index contributed by atoms with van der Waals surface area (Å²) >= 11 is 1.84. The van der Waals surface area contributed by atoms with Gasteiger partial charge in [-0.2, -0.15) is 11.8 Å². The maximum atomic E-state index is 12.4. The van der Waals surface area contributed by atoms with E-state index in [2.05, 4.69) is 10.6 Å². The number of nitrogens with two attached hydrogens (primary N) is 1. The second-order valence-electron chi connectivity index (χ2n) is 5.01. The van der Waals surface area contributed by atoms with E-state index < -0.39 is 5.91 Å². The van der Waals surface area contributed by atoms with Crippen molar-refractivity contribution >= 4 is 47.6 Å². The van der Waals surface area contributed by atoms with Gasteiger partial charge in [-0.15, -0.1) is 12.4 Å². The molecular formula is C15H21ClN4O3S. The molecule has 0 aromatic heterocycles. The van der Waals surface area contributed by atoms with Gasteiger partial charge in [-0.3, -0.25) is 14.4 Å². The van der Waals surface area contributed by atoms with Crippen molar-refractivity contribution in [1.29, 1.82) is 0 Å². The Labute approximate surface area is 151 Å². The number of nitrogens with zero attached hydrogens (tertiary/aromatic N) is 1. The van der Waals surface area contributed by atoms with Crippen LogP contribution in [0.15, 0.2) is 24.3 Å². The molecule has 0 atom stereocenters. The molecule has 1 aliphatic rings. The molecule has 0 unspecified atom stereocenters. The summed E-state index contributed by atoms with van der Waals surface area (Å²) in [5.41, 5.74) is 6.21. The smallest absolute Gasteiger partial charge is 0.253 e. The van der Waals surface area contributed by atoms with Crippen molar-refractivity contribution < 1.29 is 14.4 Å². The van der Waals surface area contributed by atoms with Gasteiger partial charge in [0.1, 0.15) is 0 Å². The summed E-state index contributed by atoms with van der Waals surface area (Å²) in [6.07, 6.45) is 0. The van der Waals surface area contributed by atoms with Gasteiger partial charge in [-0.1, -0.05) is 6.07 Å². The van der Waals surface area contributed by atoms with Crippen LogP contribution in [0.1, 0.15) is 10.4 Å². The molecule has 3 amide bonds. The zero-order chi connectivity index (χ0) is 16.7. The zero-order valence-corrected chi connectivity index (χ0v) is 14.8. The Kier molecular flexibility index (Phi) is 8.59. The average molecular weight is 373 g/mol. The summed E-state index contributed by atoms with van der Waals surface area (Å²) in [6, 6.07) is 6.80. The minimum absolute atomic E-state index is 0. The standard InChI is InChI=1S/C15H20N4O3S.ClH/c16-9-13(20)17-10-14(21)18-12-3-1-2-11(8-12)15(22)19-4-6-23-7-5-19;/h1-3,8H,4-7,9-10,16H2,(H,17,20)(H,18,21);1H. The molecule has 7 nitrogen and oxygen atoms in total. The summed E-state index contributed by atoms with van der Waals surface area (Å²) in [4.78, 5) is 37.0. The van der Waals surface area contributed by atoms with Crippen LogP contribution in [-0.2, 0) is 9.59 Å². The molecule has 132 valence electrons. The fraction of sp³-hybridized carbons (Fsp3) is 0.400. The Morgan fingerprint density at radius 1 is 1.17 bits per heavy atom. The molecular weight excluding hydrogens is 352 g/mol. The molecule has 1 aliphatic heterocycles. The van der Waals surface area contributed by atoms with E-state index in [0.717, 1.165) is 24.6 Å². The van der Waals surface area contributed by atoms with Crippen LogP contribution < -0.4 is 16.4 Å². The van der Waals surface area contributed by atoms with Gasteiger partial charge in [0.15, 0.2) is 0 Å². The van der Waals surface area contributed by atoms with Crippen LogP contribution in [0.5, 0.6) is 0 Å². The molecule has 24 heavy (non-hydrogen) atoms. The number of rotatable bonds is 5. The summed E-state index contributed by atoms with van der Waals surface area (Å²) in [7, 11) is 0. The molecule has 1 aromatic rings. The molecule has 4 N–H and O–H groups in total. The van der Waals surface area contributed by atoms with Crippen LogP contribution >= 0.6 is 24.2 Å². The van der Waals surface area contributed by atoms with E-state index in [4.69, 9.17) is 5.73 Å². The number of nitrogens with one attached hydrogen (secondary N) is 2. The van der Waals surface area contributed by atoms with Crippen LogP contribution in [0.3, 0.4) is 0 Å². The third-order valence-corrected chi connectivity index (χ3v) is 4.27. The summed E-state index contributed by atoms with van der Waals surface area (Å²) in [5.74, 6) is 1.10. The maximum absolute atomic E-state index is 12.4. The van der Waals surface area contributed by atoms with Crippen molar-refractivity contribution in [1.82, 2.24) is 10.2 Å². The summed E-state index contributed by atoms with van der Waals surface area (Å²) < 4.78 is 0. The molecule has 0 aliphatic carbocycles. The lowest BCUT2D eigenvalue weighted by atomic mass is 10.1. The Bertz CT molecular complexity index is 594. The molecule has 1 aromatic carbocycles. The number of thioether (sulfide) groups is 1. The summed E-state index contributed by atoms with van der Waals surface area (Å²) in [6.45, 7) is 1.17. The third kappa shape index (κ3) is 6.03. The van der Waals surface area contributed by atoms with Crippen LogP contribution in [0.2, 0.25) is 0 Å². The van der Waals surface area contributed by atoms with Gasteiger partial charge in [0.2, 0.25) is 11.8 Å². The lowest BCUT2D eigenvalue weighted by Crippen LogP contribution is -2.38. The van der Waals surface area contributed by atoms with Gasteiger partial charge in [-0.05, 0) is 18.2 Å². The predicted octanol–water partition coefficient (Wildman–Crippen LogP) is 0.311. The highest BCUT2D eigenvalue weighted by atomic mass is 35.5. The van der Waals surface area contributed by atoms with E-state index >= 15 is 0 Å². The highest BCUT2D eigenvalue weighted by Gasteiger charge is 2.18. The van der Waals surface area contributed by atoms with Crippen molar-refractivity contribution in [3.63, 3.8) is 0 Å². The first-order valence-corrected chi connectivity index (χ1v) is 8.49. The maximum Gasteiger partial charge on any atom is 0.253 e. The molecule has 0 spiro atoms. The minimum atomic E-state index is -0.396. The second-order valence-corrected chi connectivity index (χ2v) is 6.24. The van der Waals surface area contributed by atoms with Gasteiger partial charge < -0.3 is 21.3 Å².